The zero-order valence-corrected chi connectivity index (χ0v) is 20.4. The summed E-state index contributed by atoms with van der Waals surface area (Å²) in [7, 11) is 1.75. The van der Waals surface area contributed by atoms with Crippen molar-refractivity contribution in [2.45, 2.75) is 12.8 Å². The van der Waals surface area contributed by atoms with Gasteiger partial charge in [0.15, 0.2) is 5.82 Å². The Bertz CT molecular complexity index is 1280. The Morgan fingerprint density at radius 1 is 1.03 bits per heavy atom. The lowest BCUT2D eigenvalue weighted by Gasteiger charge is -2.18. The molecule has 4 aromatic rings. The number of halogens is 1. The van der Waals surface area contributed by atoms with Crippen LogP contribution in [0.2, 0.25) is 5.02 Å². The summed E-state index contributed by atoms with van der Waals surface area (Å²) in [5.41, 5.74) is 5.44. The van der Waals surface area contributed by atoms with Crippen LogP contribution in [0.1, 0.15) is 11.1 Å². The van der Waals surface area contributed by atoms with Crippen molar-refractivity contribution >= 4 is 34.7 Å². The van der Waals surface area contributed by atoms with Crippen LogP contribution in [-0.4, -0.2) is 58.0 Å². The van der Waals surface area contributed by atoms with Crippen LogP contribution < -0.4 is 10.6 Å². The molecule has 180 valence electrons. The van der Waals surface area contributed by atoms with Gasteiger partial charge in [0.2, 0.25) is 5.95 Å². The largest absolute Gasteiger partial charge is 0.383 e. The van der Waals surface area contributed by atoms with Crippen LogP contribution in [0.25, 0.3) is 5.69 Å². The molecule has 3 heterocycles. The summed E-state index contributed by atoms with van der Waals surface area (Å²) in [6, 6.07) is 16.2. The van der Waals surface area contributed by atoms with Crippen molar-refractivity contribution in [2.75, 3.05) is 44.0 Å². The minimum Gasteiger partial charge on any atom is -0.383 e. The molecule has 0 radical (unpaired) electrons. The molecule has 1 aliphatic heterocycles. The van der Waals surface area contributed by atoms with Crippen molar-refractivity contribution in [3.63, 3.8) is 0 Å². The Morgan fingerprint density at radius 2 is 1.89 bits per heavy atom. The van der Waals surface area contributed by atoms with Crippen molar-refractivity contribution in [3.05, 3.63) is 83.3 Å². The molecule has 8 nitrogen and oxygen atoms in total. The number of aromatic nitrogens is 4. The molecule has 5 rings (SSSR count). The molecule has 1 aliphatic rings. The summed E-state index contributed by atoms with van der Waals surface area (Å²) >= 11 is 6.44. The number of para-hydroxylation sites is 2. The number of fused-ring (bicyclic) bond motifs is 1. The SMILES string of the molecule is COCCN1CCc2ccc(Nc3ncc(Cl)c(Nc4ccccc4-n4cccn4)n3)cc2CC1. The van der Waals surface area contributed by atoms with Crippen LogP contribution in [0.15, 0.2) is 67.1 Å². The van der Waals surface area contributed by atoms with Gasteiger partial charge in [0.05, 0.1) is 24.2 Å². The number of nitrogens with zero attached hydrogens (tertiary/aromatic N) is 5. The van der Waals surface area contributed by atoms with Crippen molar-refractivity contribution in [1.82, 2.24) is 24.6 Å². The summed E-state index contributed by atoms with van der Waals surface area (Å²) in [6.45, 7) is 3.81. The fourth-order valence-electron chi connectivity index (χ4n) is 4.26. The van der Waals surface area contributed by atoms with Gasteiger partial charge >= 0.3 is 0 Å². The molecule has 0 spiro atoms. The van der Waals surface area contributed by atoms with Crippen LogP contribution >= 0.6 is 11.6 Å². The molecule has 2 aromatic heterocycles. The number of rotatable bonds is 8. The first-order valence-corrected chi connectivity index (χ1v) is 12.1. The second-order valence-corrected chi connectivity index (χ2v) is 8.83. The number of hydrogen-bond donors (Lipinski definition) is 2. The van der Waals surface area contributed by atoms with Gasteiger partial charge in [0, 0.05) is 44.8 Å². The Balaban J connectivity index is 1.32. The van der Waals surface area contributed by atoms with Crippen LogP contribution in [0, 0.1) is 0 Å². The molecular weight excluding hydrogens is 462 g/mol. The topological polar surface area (TPSA) is 80.1 Å². The standard InChI is InChI=1S/C26H28ClN7O/c1-35-16-15-33-13-9-19-7-8-21(17-20(19)10-14-33)30-26-28-18-22(27)25(32-26)31-23-5-2-3-6-24(23)34-12-4-11-29-34/h2-8,11-12,17-18H,9-10,13-16H2,1H3,(H2,28,30,31,32). The van der Waals surface area contributed by atoms with Gasteiger partial charge in [-0.1, -0.05) is 29.8 Å². The van der Waals surface area contributed by atoms with Crippen molar-refractivity contribution < 1.29 is 4.74 Å². The van der Waals surface area contributed by atoms with Gasteiger partial charge in [-0.2, -0.15) is 10.1 Å². The molecule has 2 aromatic carbocycles. The molecule has 9 heteroatoms. The lowest BCUT2D eigenvalue weighted by Crippen LogP contribution is -2.29. The van der Waals surface area contributed by atoms with Crippen LogP contribution in [0.4, 0.5) is 23.1 Å². The zero-order chi connectivity index (χ0) is 24.0. The predicted molar refractivity (Wildman–Crippen MR) is 139 cm³/mol. The maximum Gasteiger partial charge on any atom is 0.229 e. The van der Waals surface area contributed by atoms with E-state index in [4.69, 9.17) is 16.3 Å². The number of methoxy groups -OCH3 is 1. The van der Waals surface area contributed by atoms with E-state index in [0.717, 1.165) is 56.1 Å². The van der Waals surface area contributed by atoms with E-state index in [-0.39, 0.29) is 0 Å². The zero-order valence-electron chi connectivity index (χ0n) is 19.6. The maximum absolute atomic E-state index is 6.44. The van der Waals surface area contributed by atoms with Crippen molar-refractivity contribution in [3.8, 4) is 5.69 Å². The highest BCUT2D eigenvalue weighted by Crippen LogP contribution is 2.29. The second kappa shape index (κ2) is 10.9. The number of ether oxygens (including phenoxy) is 1. The molecule has 0 atom stereocenters. The fourth-order valence-corrected chi connectivity index (χ4v) is 4.39. The number of nitrogens with one attached hydrogen (secondary N) is 2. The average molecular weight is 490 g/mol. The van der Waals surface area contributed by atoms with Crippen molar-refractivity contribution in [1.29, 1.82) is 0 Å². The molecule has 0 amide bonds. The van der Waals surface area contributed by atoms with E-state index in [1.165, 1.54) is 11.1 Å². The van der Waals surface area contributed by atoms with E-state index in [9.17, 15) is 0 Å². The minimum atomic E-state index is 0.434. The van der Waals surface area contributed by atoms with Gasteiger partial charge in [0.25, 0.3) is 0 Å². The summed E-state index contributed by atoms with van der Waals surface area (Å²) in [4.78, 5) is 11.5. The average Bonchev–Trinajstić information content (AvgIpc) is 3.34. The number of hydrogen-bond acceptors (Lipinski definition) is 7. The van der Waals surface area contributed by atoms with E-state index in [0.29, 0.717) is 16.8 Å². The van der Waals surface area contributed by atoms with Gasteiger partial charge < -0.3 is 20.3 Å². The molecular formula is C26H28ClN7O. The summed E-state index contributed by atoms with van der Waals surface area (Å²) in [5.74, 6) is 0.996. The second-order valence-electron chi connectivity index (χ2n) is 8.43. The van der Waals surface area contributed by atoms with E-state index >= 15 is 0 Å². The van der Waals surface area contributed by atoms with Crippen molar-refractivity contribution in [2.24, 2.45) is 0 Å². The highest BCUT2D eigenvalue weighted by atomic mass is 35.5. The molecule has 2 N–H and O–H groups in total. The first kappa shape index (κ1) is 23.3. The van der Waals surface area contributed by atoms with Gasteiger partial charge in [0.1, 0.15) is 5.02 Å². The third-order valence-electron chi connectivity index (χ3n) is 6.12. The first-order chi connectivity index (χ1) is 17.2. The molecule has 0 bridgehead atoms. The van der Waals surface area contributed by atoms with E-state index in [2.05, 4.69) is 48.8 Å². The van der Waals surface area contributed by atoms with Gasteiger partial charge in [-0.05, 0) is 54.3 Å². The van der Waals surface area contributed by atoms with Gasteiger partial charge in [-0.3, -0.25) is 0 Å². The molecule has 0 unspecified atom stereocenters. The lowest BCUT2D eigenvalue weighted by atomic mass is 10.0. The lowest BCUT2D eigenvalue weighted by molar-refractivity contribution is 0.150. The highest BCUT2D eigenvalue weighted by molar-refractivity contribution is 6.33. The van der Waals surface area contributed by atoms with Crippen LogP contribution in [0.3, 0.4) is 0 Å². The summed E-state index contributed by atoms with van der Waals surface area (Å²) < 4.78 is 7.04. The minimum absolute atomic E-state index is 0.434. The van der Waals surface area contributed by atoms with E-state index in [1.54, 1.807) is 24.2 Å². The fraction of sp³-hybridized carbons (Fsp3) is 0.269. The van der Waals surface area contributed by atoms with Crippen LogP contribution in [0.5, 0.6) is 0 Å². The smallest absolute Gasteiger partial charge is 0.229 e. The maximum atomic E-state index is 6.44. The van der Waals surface area contributed by atoms with Gasteiger partial charge in [-0.25, -0.2) is 9.67 Å². The third kappa shape index (κ3) is 5.62. The molecule has 0 aliphatic carbocycles. The third-order valence-corrected chi connectivity index (χ3v) is 6.40. The number of benzene rings is 2. The first-order valence-electron chi connectivity index (χ1n) is 11.7. The Kier molecular flexibility index (Phi) is 7.23. The Hall–Kier alpha value is -3.46. The quantitative estimate of drug-likeness (QED) is 0.366. The highest BCUT2D eigenvalue weighted by Gasteiger charge is 2.15. The monoisotopic (exact) mass is 489 g/mol. The van der Waals surface area contributed by atoms with E-state index < -0.39 is 0 Å². The Labute approximate surface area is 209 Å². The molecule has 0 fully saturated rings. The normalized spacial score (nSPS) is 13.8. The van der Waals surface area contributed by atoms with Crippen LogP contribution in [-0.2, 0) is 17.6 Å². The summed E-state index contributed by atoms with van der Waals surface area (Å²) in [5, 5.41) is 11.4. The molecule has 0 saturated heterocycles. The van der Waals surface area contributed by atoms with E-state index in [1.807, 2.05) is 36.5 Å². The Morgan fingerprint density at radius 3 is 2.71 bits per heavy atom. The predicted octanol–water partition coefficient (Wildman–Crippen LogP) is 4.85. The number of anilines is 4. The summed E-state index contributed by atoms with van der Waals surface area (Å²) in [6.07, 6.45) is 7.29. The molecule has 35 heavy (non-hydrogen) atoms. The molecule has 0 saturated carbocycles. The van der Waals surface area contributed by atoms with Gasteiger partial charge in [-0.15, -0.1) is 0 Å².